The third-order valence-corrected chi connectivity index (χ3v) is 5.18. The van der Waals surface area contributed by atoms with Gasteiger partial charge in [0.2, 0.25) is 0 Å². The number of nitrogens with zero attached hydrogens (tertiary/aromatic N) is 2. The molecule has 0 aliphatic heterocycles. The molecule has 1 aliphatic carbocycles. The van der Waals surface area contributed by atoms with E-state index >= 15 is 0 Å². The smallest absolute Gasteiger partial charge is 0.303 e. The third kappa shape index (κ3) is 3.46. The summed E-state index contributed by atoms with van der Waals surface area (Å²) in [5.74, 6) is -0.801. The predicted octanol–water partition coefficient (Wildman–Crippen LogP) is 3.79. The van der Waals surface area contributed by atoms with E-state index in [4.69, 9.17) is 32.7 Å². The molecule has 1 heterocycles. The maximum Gasteiger partial charge on any atom is 0.303 e. The van der Waals surface area contributed by atoms with Gasteiger partial charge in [0.25, 0.3) is 0 Å². The van der Waals surface area contributed by atoms with Gasteiger partial charge in [-0.3, -0.25) is 9.59 Å². The lowest BCUT2D eigenvalue weighted by molar-refractivity contribution is -0.166. The maximum atomic E-state index is 11.6. The van der Waals surface area contributed by atoms with Crippen molar-refractivity contribution < 1.29 is 19.1 Å². The van der Waals surface area contributed by atoms with Gasteiger partial charge >= 0.3 is 11.9 Å². The minimum atomic E-state index is -0.594. The Morgan fingerprint density at radius 3 is 2.36 bits per heavy atom. The lowest BCUT2D eigenvalue weighted by Crippen LogP contribution is -2.36. The number of benzene rings is 1. The SMILES string of the molecule is CC(=O)OC1C(C)CC(n2cnc3cc(Cl)c(Cl)cc32)C1OC(C)=O. The number of carbonyl (C=O) groups excluding carboxylic acids is 2. The van der Waals surface area contributed by atoms with Gasteiger partial charge in [-0.05, 0) is 24.5 Å². The summed E-state index contributed by atoms with van der Waals surface area (Å²) in [4.78, 5) is 27.4. The van der Waals surface area contributed by atoms with Crippen molar-refractivity contribution in [2.45, 2.75) is 45.4 Å². The number of esters is 2. The summed E-state index contributed by atoms with van der Waals surface area (Å²) in [5, 5.41) is 0.844. The molecule has 0 N–H and O–H groups in total. The number of fused-ring (bicyclic) bond motifs is 1. The van der Waals surface area contributed by atoms with E-state index in [1.807, 2.05) is 11.5 Å². The Kier molecular flexibility index (Phi) is 4.93. The summed E-state index contributed by atoms with van der Waals surface area (Å²) in [6.45, 7) is 4.65. The topological polar surface area (TPSA) is 70.4 Å². The van der Waals surface area contributed by atoms with E-state index < -0.39 is 24.1 Å². The highest BCUT2D eigenvalue weighted by Crippen LogP contribution is 2.41. The summed E-state index contributed by atoms with van der Waals surface area (Å²) in [7, 11) is 0. The van der Waals surface area contributed by atoms with Crippen LogP contribution in [0.5, 0.6) is 0 Å². The Bertz CT molecular complexity index is 835. The second kappa shape index (κ2) is 6.84. The molecular formula is C17H18Cl2N2O4. The summed E-state index contributed by atoms with van der Waals surface area (Å²) in [6, 6.07) is 3.21. The van der Waals surface area contributed by atoms with E-state index in [2.05, 4.69) is 4.98 Å². The van der Waals surface area contributed by atoms with Crippen molar-refractivity contribution in [3.05, 3.63) is 28.5 Å². The largest absolute Gasteiger partial charge is 0.458 e. The fourth-order valence-electron chi connectivity index (χ4n) is 3.46. The molecule has 1 aromatic heterocycles. The van der Waals surface area contributed by atoms with Gasteiger partial charge in [-0.1, -0.05) is 30.1 Å². The van der Waals surface area contributed by atoms with Gasteiger partial charge in [-0.2, -0.15) is 0 Å². The molecule has 25 heavy (non-hydrogen) atoms. The molecule has 2 aromatic rings. The second-order valence-electron chi connectivity index (χ2n) is 6.34. The first kappa shape index (κ1) is 18.0. The minimum Gasteiger partial charge on any atom is -0.458 e. The van der Waals surface area contributed by atoms with Gasteiger partial charge in [-0.25, -0.2) is 4.98 Å². The lowest BCUT2D eigenvalue weighted by Gasteiger charge is -2.26. The highest BCUT2D eigenvalue weighted by molar-refractivity contribution is 6.42. The monoisotopic (exact) mass is 384 g/mol. The van der Waals surface area contributed by atoms with E-state index in [9.17, 15) is 9.59 Å². The average molecular weight is 385 g/mol. The molecule has 6 nitrogen and oxygen atoms in total. The molecule has 4 atom stereocenters. The first-order valence-electron chi connectivity index (χ1n) is 7.94. The van der Waals surface area contributed by atoms with Crippen LogP contribution in [0.2, 0.25) is 10.0 Å². The van der Waals surface area contributed by atoms with Crippen LogP contribution in [-0.2, 0) is 19.1 Å². The molecule has 0 spiro atoms. The minimum absolute atomic E-state index is 0.0264. The molecule has 0 bridgehead atoms. The van der Waals surface area contributed by atoms with Crippen LogP contribution in [-0.4, -0.2) is 33.7 Å². The van der Waals surface area contributed by atoms with Gasteiger partial charge < -0.3 is 14.0 Å². The van der Waals surface area contributed by atoms with Crippen LogP contribution in [0.4, 0.5) is 0 Å². The predicted molar refractivity (Wildman–Crippen MR) is 93.7 cm³/mol. The Hall–Kier alpha value is -1.79. The van der Waals surface area contributed by atoms with Crippen molar-refractivity contribution in [3.8, 4) is 0 Å². The zero-order chi connectivity index (χ0) is 18.3. The first-order chi connectivity index (χ1) is 11.8. The Balaban J connectivity index is 2.03. The molecule has 0 amide bonds. The second-order valence-corrected chi connectivity index (χ2v) is 7.15. The number of hydrogen-bond acceptors (Lipinski definition) is 5. The number of rotatable bonds is 3. The number of hydrogen-bond donors (Lipinski definition) is 0. The first-order valence-corrected chi connectivity index (χ1v) is 8.69. The van der Waals surface area contributed by atoms with Gasteiger partial charge in [0.15, 0.2) is 6.10 Å². The molecule has 8 heteroatoms. The van der Waals surface area contributed by atoms with E-state index in [0.29, 0.717) is 22.0 Å². The molecule has 1 aromatic carbocycles. The molecular weight excluding hydrogens is 367 g/mol. The molecule has 4 unspecified atom stereocenters. The normalized spacial score (nSPS) is 26.0. The third-order valence-electron chi connectivity index (χ3n) is 4.46. The van der Waals surface area contributed by atoms with Crippen molar-refractivity contribution in [2.24, 2.45) is 5.92 Å². The van der Waals surface area contributed by atoms with Crippen LogP contribution >= 0.6 is 23.2 Å². The van der Waals surface area contributed by atoms with Crippen LogP contribution in [0.3, 0.4) is 0 Å². The summed E-state index contributed by atoms with van der Waals surface area (Å²) in [6.07, 6.45) is 1.23. The Morgan fingerprint density at radius 1 is 1.12 bits per heavy atom. The van der Waals surface area contributed by atoms with Crippen LogP contribution in [0, 0.1) is 5.92 Å². The fourth-order valence-corrected chi connectivity index (χ4v) is 3.78. The standard InChI is InChI=1S/C17H18Cl2N2O4/c1-8-4-15(17(25-10(3)23)16(8)24-9(2)22)21-7-20-13-5-11(18)12(19)6-14(13)21/h5-8,15-17H,4H2,1-3H3. The van der Waals surface area contributed by atoms with E-state index in [1.165, 1.54) is 13.8 Å². The number of aromatic nitrogens is 2. The van der Waals surface area contributed by atoms with Crippen LogP contribution < -0.4 is 0 Å². The van der Waals surface area contributed by atoms with Crippen LogP contribution in [0.15, 0.2) is 18.5 Å². The Labute approximate surface area is 155 Å². The summed E-state index contributed by atoms with van der Waals surface area (Å²) in [5.41, 5.74) is 1.48. The van der Waals surface area contributed by atoms with Crippen LogP contribution in [0.25, 0.3) is 11.0 Å². The Morgan fingerprint density at radius 2 is 1.72 bits per heavy atom. The van der Waals surface area contributed by atoms with Crippen molar-refractivity contribution in [1.82, 2.24) is 9.55 Å². The number of carbonyl (C=O) groups is 2. The molecule has 1 aliphatic rings. The van der Waals surface area contributed by atoms with Crippen molar-refractivity contribution in [1.29, 1.82) is 0 Å². The van der Waals surface area contributed by atoms with Gasteiger partial charge in [0.1, 0.15) is 6.10 Å². The van der Waals surface area contributed by atoms with Crippen molar-refractivity contribution >= 4 is 46.2 Å². The summed E-state index contributed by atoms with van der Waals surface area (Å²) < 4.78 is 12.8. The number of ether oxygens (including phenoxy) is 2. The highest BCUT2D eigenvalue weighted by Gasteiger charge is 2.47. The van der Waals surface area contributed by atoms with Crippen molar-refractivity contribution in [2.75, 3.05) is 0 Å². The van der Waals surface area contributed by atoms with Gasteiger partial charge in [-0.15, -0.1) is 0 Å². The van der Waals surface area contributed by atoms with E-state index in [-0.39, 0.29) is 12.0 Å². The fraction of sp³-hybridized carbons (Fsp3) is 0.471. The zero-order valence-electron chi connectivity index (χ0n) is 14.0. The van der Waals surface area contributed by atoms with E-state index in [1.54, 1.807) is 18.5 Å². The van der Waals surface area contributed by atoms with Gasteiger partial charge in [0.05, 0.1) is 33.4 Å². The molecule has 0 radical (unpaired) electrons. The molecule has 1 fully saturated rings. The lowest BCUT2D eigenvalue weighted by atomic mass is 10.1. The van der Waals surface area contributed by atoms with Crippen LogP contribution in [0.1, 0.15) is 33.2 Å². The summed E-state index contributed by atoms with van der Waals surface area (Å²) >= 11 is 12.2. The molecule has 1 saturated carbocycles. The quantitative estimate of drug-likeness (QED) is 0.752. The zero-order valence-corrected chi connectivity index (χ0v) is 15.5. The maximum absolute atomic E-state index is 11.6. The molecule has 3 rings (SSSR count). The van der Waals surface area contributed by atoms with Crippen molar-refractivity contribution in [3.63, 3.8) is 0 Å². The molecule has 134 valence electrons. The number of imidazole rings is 1. The number of halogens is 2. The van der Waals surface area contributed by atoms with E-state index in [0.717, 1.165) is 5.52 Å². The van der Waals surface area contributed by atoms with Gasteiger partial charge in [0, 0.05) is 13.8 Å². The average Bonchev–Trinajstić information content (AvgIpc) is 3.02. The highest BCUT2D eigenvalue weighted by atomic mass is 35.5. The molecule has 0 saturated heterocycles.